The summed E-state index contributed by atoms with van der Waals surface area (Å²) in [5.41, 5.74) is 0.156. The van der Waals surface area contributed by atoms with Crippen molar-refractivity contribution in [3.05, 3.63) is 35.4 Å². The molecule has 0 bridgehead atoms. The summed E-state index contributed by atoms with van der Waals surface area (Å²) in [7, 11) is 0. The van der Waals surface area contributed by atoms with E-state index in [9.17, 15) is 42.3 Å². The SMILES string of the molecule is C[C@@H]1C[C@H]2C(=O)OC[C@H](NC(=O)[C@@H](CC(=O)CCC3CCCCC3)Cc3cc(F)cc(F)c3)C(=O)N3CCC[C@H]3C(=O)N3CCCC[C@H]3C(=O)N[C@@H](C)C(=O)N2C1. The van der Waals surface area contributed by atoms with E-state index in [1.807, 2.05) is 6.92 Å². The van der Waals surface area contributed by atoms with Crippen LogP contribution in [0.3, 0.4) is 0 Å². The number of Topliss-reactive ketones (excluding diaryl/α,β-unsaturated/α-hetero) is 1. The maximum absolute atomic E-state index is 14.5. The molecule has 1 saturated carbocycles. The second-order valence-electron chi connectivity index (χ2n) is 17.0. The van der Waals surface area contributed by atoms with Gasteiger partial charge in [-0.25, -0.2) is 13.6 Å². The molecule has 0 spiro atoms. The summed E-state index contributed by atoms with van der Waals surface area (Å²) < 4.78 is 34.3. The standard InChI is InChI=1S/C42H57F2N5O8/c1-25-17-36-42(56)57-24-33(46-37(51)29(18-28-19-30(43)22-31(44)20-28)21-32(50)14-13-27-9-4-3-5-10-27)40(54)48-16-8-12-35(48)41(55)47-15-7-6-11-34(47)38(52)45-26(2)39(53)49(36)23-25/h19-20,22,25-27,29,33-36H,3-18,21,23-24H2,1-2H3,(H,45,52)(H,46,51)/t25-,26+,29-,33+,34+,35+,36+/m1/s1. The van der Waals surface area contributed by atoms with Crippen LogP contribution >= 0.6 is 0 Å². The van der Waals surface area contributed by atoms with E-state index < -0.39 is 89.9 Å². The molecule has 0 radical (unpaired) electrons. The molecular weight excluding hydrogens is 740 g/mol. The number of esters is 1. The lowest BCUT2D eigenvalue weighted by Crippen LogP contribution is -2.61. The number of ketones is 1. The monoisotopic (exact) mass is 797 g/mol. The highest BCUT2D eigenvalue weighted by molar-refractivity contribution is 5.97. The van der Waals surface area contributed by atoms with Crippen LogP contribution in [0.25, 0.3) is 0 Å². The Bertz CT molecular complexity index is 1680. The van der Waals surface area contributed by atoms with E-state index >= 15 is 0 Å². The first-order chi connectivity index (χ1) is 27.3. The van der Waals surface area contributed by atoms with Gasteiger partial charge in [-0.3, -0.25) is 28.8 Å². The molecule has 5 amide bonds. The molecule has 4 heterocycles. The minimum Gasteiger partial charge on any atom is -0.461 e. The minimum absolute atomic E-state index is 0.0745. The first kappa shape index (κ1) is 42.2. The molecule has 2 N–H and O–H groups in total. The minimum atomic E-state index is -1.49. The zero-order valence-electron chi connectivity index (χ0n) is 33.1. The Kier molecular flexibility index (Phi) is 14.0. The van der Waals surface area contributed by atoms with Crippen molar-refractivity contribution in [1.82, 2.24) is 25.3 Å². The zero-order valence-corrected chi connectivity index (χ0v) is 33.1. The molecule has 6 rings (SSSR count). The maximum atomic E-state index is 14.5. The number of carbonyl (C=O) groups excluding carboxylic acids is 7. The fraction of sp³-hybridized carbons (Fsp3) is 0.690. The van der Waals surface area contributed by atoms with Crippen LogP contribution in [-0.4, -0.2) is 112 Å². The number of piperidine rings is 1. The average molecular weight is 798 g/mol. The van der Waals surface area contributed by atoms with Gasteiger partial charge < -0.3 is 30.1 Å². The molecule has 1 aromatic rings. The van der Waals surface area contributed by atoms with Gasteiger partial charge in [0.25, 0.3) is 0 Å². The Hall–Kier alpha value is -4.43. The fourth-order valence-electron chi connectivity index (χ4n) is 9.49. The lowest BCUT2D eigenvalue weighted by atomic mass is 9.84. The second kappa shape index (κ2) is 18.9. The van der Waals surface area contributed by atoms with E-state index in [0.29, 0.717) is 57.1 Å². The Morgan fingerprint density at radius 2 is 1.47 bits per heavy atom. The zero-order chi connectivity index (χ0) is 40.8. The van der Waals surface area contributed by atoms with Crippen molar-refractivity contribution in [3.8, 4) is 0 Å². The van der Waals surface area contributed by atoms with Crippen molar-refractivity contribution < 1.29 is 47.1 Å². The van der Waals surface area contributed by atoms with E-state index in [-0.39, 0.29) is 56.0 Å². The van der Waals surface area contributed by atoms with Crippen molar-refractivity contribution in [2.24, 2.45) is 17.8 Å². The first-order valence-corrected chi connectivity index (χ1v) is 20.9. The van der Waals surface area contributed by atoms with Gasteiger partial charge in [0.1, 0.15) is 54.2 Å². The Balaban J connectivity index is 1.28. The third-order valence-electron chi connectivity index (χ3n) is 12.5. The fourth-order valence-corrected chi connectivity index (χ4v) is 9.49. The predicted molar refractivity (Wildman–Crippen MR) is 203 cm³/mol. The van der Waals surface area contributed by atoms with E-state index in [2.05, 4.69) is 10.6 Å². The van der Waals surface area contributed by atoms with E-state index in [1.54, 1.807) is 6.92 Å². The number of fused-ring (bicyclic) bond motifs is 3. The van der Waals surface area contributed by atoms with Crippen LogP contribution < -0.4 is 10.6 Å². The molecule has 57 heavy (non-hydrogen) atoms. The summed E-state index contributed by atoms with van der Waals surface area (Å²) in [6.45, 7) is 3.50. The van der Waals surface area contributed by atoms with Gasteiger partial charge in [0.2, 0.25) is 29.5 Å². The number of amides is 5. The highest BCUT2D eigenvalue weighted by Crippen LogP contribution is 2.30. The molecule has 15 heteroatoms. The predicted octanol–water partition coefficient (Wildman–Crippen LogP) is 3.60. The quantitative estimate of drug-likeness (QED) is 0.359. The summed E-state index contributed by atoms with van der Waals surface area (Å²) in [5, 5.41) is 5.48. The lowest BCUT2D eigenvalue weighted by Gasteiger charge is -2.39. The van der Waals surface area contributed by atoms with Gasteiger partial charge in [-0.15, -0.1) is 0 Å². The Morgan fingerprint density at radius 3 is 2.21 bits per heavy atom. The van der Waals surface area contributed by atoms with Crippen molar-refractivity contribution in [1.29, 1.82) is 0 Å². The molecule has 312 valence electrons. The maximum Gasteiger partial charge on any atom is 0.328 e. The smallest absolute Gasteiger partial charge is 0.328 e. The number of carbonyl (C=O) groups is 7. The van der Waals surface area contributed by atoms with Crippen LogP contribution in [0.5, 0.6) is 0 Å². The third kappa shape index (κ3) is 10.4. The highest BCUT2D eigenvalue weighted by atomic mass is 19.1. The van der Waals surface area contributed by atoms with Crippen molar-refractivity contribution in [2.75, 3.05) is 26.2 Å². The molecule has 0 unspecified atom stereocenters. The van der Waals surface area contributed by atoms with Crippen LogP contribution in [0.4, 0.5) is 8.78 Å². The van der Waals surface area contributed by atoms with Gasteiger partial charge in [-0.05, 0) is 87.8 Å². The van der Waals surface area contributed by atoms with Crippen LogP contribution in [0.2, 0.25) is 0 Å². The van der Waals surface area contributed by atoms with Crippen molar-refractivity contribution in [3.63, 3.8) is 0 Å². The number of hydrogen-bond acceptors (Lipinski definition) is 8. The molecule has 1 aliphatic carbocycles. The molecular formula is C42H57F2N5O8. The van der Waals surface area contributed by atoms with E-state index in [4.69, 9.17) is 4.74 Å². The van der Waals surface area contributed by atoms with Crippen molar-refractivity contribution in [2.45, 2.75) is 140 Å². The Labute approximate surface area is 332 Å². The normalized spacial score (nSPS) is 28.6. The van der Waals surface area contributed by atoms with Gasteiger partial charge >= 0.3 is 5.97 Å². The summed E-state index contributed by atoms with van der Waals surface area (Å²) in [6.07, 6.45) is 8.74. The van der Waals surface area contributed by atoms with Crippen LogP contribution in [0.15, 0.2) is 18.2 Å². The molecule has 4 saturated heterocycles. The second-order valence-corrected chi connectivity index (χ2v) is 17.0. The molecule has 5 aliphatic rings. The van der Waals surface area contributed by atoms with Gasteiger partial charge in [0, 0.05) is 44.5 Å². The Morgan fingerprint density at radius 1 is 0.807 bits per heavy atom. The molecule has 7 atom stereocenters. The summed E-state index contributed by atoms with van der Waals surface area (Å²) in [6, 6.07) is -2.39. The lowest BCUT2D eigenvalue weighted by molar-refractivity contribution is -0.158. The summed E-state index contributed by atoms with van der Waals surface area (Å²) in [5.74, 6) is -6.25. The summed E-state index contributed by atoms with van der Waals surface area (Å²) in [4.78, 5) is 102. The average Bonchev–Trinajstić information content (AvgIpc) is 3.84. The van der Waals surface area contributed by atoms with E-state index in [0.717, 1.165) is 37.8 Å². The number of rotatable bonds is 9. The van der Waals surface area contributed by atoms with Gasteiger partial charge in [0.05, 0.1) is 0 Å². The number of benzene rings is 1. The van der Waals surface area contributed by atoms with Crippen LogP contribution in [-0.2, 0) is 44.7 Å². The number of ether oxygens (including phenoxy) is 1. The van der Waals surface area contributed by atoms with Gasteiger partial charge in [-0.1, -0.05) is 39.0 Å². The largest absolute Gasteiger partial charge is 0.461 e. The first-order valence-electron chi connectivity index (χ1n) is 20.9. The number of nitrogens with zero attached hydrogens (tertiary/aromatic N) is 3. The number of hydrogen-bond donors (Lipinski definition) is 2. The van der Waals surface area contributed by atoms with Crippen LogP contribution in [0.1, 0.15) is 109 Å². The van der Waals surface area contributed by atoms with Gasteiger partial charge in [0.15, 0.2) is 0 Å². The van der Waals surface area contributed by atoms with Gasteiger partial charge in [-0.2, -0.15) is 0 Å². The van der Waals surface area contributed by atoms with E-state index in [1.165, 1.54) is 21.1 Å². The van der Waals surface area contributed by atoms with Crippen LogP contribution in [0, 0.1) is 29.4 Å². The third-order valence-corrected chi connectivity index (χ3v) is 12.5. The molecule has 0 aromatic heterocycles. The highest BCUT2D eigenvalue weighted by Gasteiger charge is 2.46. The molecule has 1 aromatic carbocycles. The molecule has 4 aliphatic heterocycles. The molecule has 5 fully saturated rings. The number of cyclic esters (lactones) is 1. The topological polar surface area (TPSA) is 162 Å². The number of halogens is 2. The molecule has 13 nitrogen and oxygen atoms in total. The number of nitrogens with one attached hydrogen (secondary N) is 2. The van der Waals surface area contributed by atoms with Crippen molar-refractivity contribution >= 4 is 41.3 Å². The summed E-state index contributed by atoms with van der Waals surface area (Å²) >= 11 is 0.